The summed E-state index contributed by atoms with van der Waals surface area (Å²) in [4.78, 5) is 5.34. The normalized spacial score (nSPS) is 35.1. The second-order valence-corrected chi connectivity index (χ2v) is 4.83. The van der Waals surface area contributed by atoms with Crippen LogP contribution in [0.1, 0.15) is 33.6 Å². The number of piperidine rings is 1. The number of hydrogen-bond acceptors (Lipinski definition) is 2. The van der Waals surface area contributed by atoms with Crippen molar-refractivity contribution in [1.29, 1.82) is 0 Å². The molecule has 2 unspecified atom stereocenters. The zero-order valence-corrected chi connectivity index (χ0v) is 9.16. The fourth-order valence-corrected chi connectivity index (χ4v) is 2.76. The zero-order valence-electron chi connectivity index (χ0n) is 9.16. The third-order valence-corrected chi connectivity index (χ3v) is 3.58. The van der Waals surface area contributed by atoms with Gasteiger partial charge in [-0.3, -0.25) is 9.80 Å². The maximum Gasteiger partial charge on any atom is 0.0242 e. The second-order valence-electron chi connectivity index (χ2n) is 4.83. The summed E-state index contributed by atoms with van der Waals surface area (Å²) >= 11 is 0. The summed E-state index contributed by atoms with van der Waals surface area (Å²) in [5.41, 5.74) is 0. The first-order chi connectivity index (χ1) is 6.22. The van der Waals surface area contributed by atoms with Crippen molar-refractivity contribution in [2.45, 2.75) is 51.7 Å². The van der Waals surface area contributed by atoms with Gasteiger partial charge < -0.3 is 0 Å². The number of piperazine rings is 1. The van der Waals surface area contributed by atoms with Gasteiger partial charge >= 0.3 is 0 Å². The van der Waals surface area contributed by atoms with Gasteiger partial charge in [-0.2, -0.15) is 0 Å². The van der Waals surface area contributed by atoms with Crippen molar-refractivity contribution in [3.8, 4) is 0 Å². The minimum atomic E-state index is 0.745. The van der Waals surface area contributed by atoms with Crippen molar-refractivity contribution in [3.63, 3.8) is 0 Å². The van der Waals surface area contributed by atoms with Crippen molar-refractivity contribution >= 4 is 0 Å². The summed E-state index contributed by atoms with van der Waals surface area (Å²) in [6.07, 6.45) is 2.78. The first kappa shape index (κ1) is 9.47. The predicted molar refractivity (Wildman–Crippen MR) is 55.9 cm³/mol. The molecule has 13 heavy (non-hydrogen) atoms. The molecule has 3 aliphatic heterocycles. The lowest BCUT2D eigenvalue weighted by Crippen LogP contribution is -2.69. The van der Waals surface area contributed by atoms with Crippen molar-refractivity contribution in [1.82, 2.24) is 9.80 Å². The lowest BCUT2D eigenvalue weighted by Gasteiger charge is -2.57. The molecular weight excluding hydrogens is 160 g/mol. The highest BCUT2D eigenvalue weighted by molar-refractivity contribution is 5.00. The SMILES string of the molecule is CCCN1C2CC1CN(C(C)C)C2. The summed E-state index contributed by atoms with van der Waals surface area (Å²) in [6.45, 7) is 10.9. The highest BCUT2D eigenvalue weighted by Crippen LogP contribution is 2.32. The minimum absolute atomic E-state index is 0.745. The molecule has 3 rings (SSSR count). The van der Waals surface area contributed by atoms with E-state index in [1.54, 1.807) is 0 Å². The molecule has 2 heteroatoms. The molecule has 76 valence electrons. The van der Waals surface area contributed by atoms with Crippen LogP contribution in [0.5, 0.6) is 0 Å². The highest BCUT2D eigenvalue weighted by atomic mass is 15.4. The van der Waals surface area contributed by atoms with Gasteiger partial charge in [0.15, 0.2) is 0 Å². The molecule has 3 fully saturated rings. The summed E-state index contributed by atoms with van der Waals surface area (Å²) in [7, 11) is 0. The maximum atomic E-state index is 2.71. The maximum absolute atomic E-state index is 2.71. The van der Waals surface area contributed by atoms with E-state index in [4.69, 9.17) is 0 Å². The van der Waals surface area contributed by atoms with Gasteiger partial charge in [0.05, 0.1) is 0 Å². The molecule has 3 heterocycles. The van der Waals surface area contributed by atoms with E-state index in [1.807, 2.05) is 0 Å². The molecule has 0 radical (unpaired) electrons. The number of nitrogens with zero attached hydrogens (tertiary/aromatic N) is 2. The molecule has 0 aliphatic carbocycles. The summed E-state index contributed by atoms with van der Waals surface area (Å²) in [5.74, 6) is 0. The third-order valence-electron chi connectivity index (χ3n) is 3.58. The Morgan fingerprint density at radius 2 is 1.85 bits per heavy atom. The van der Waals surface area contributed by atoms with Gasteiger partial charge in [-0.15, -0.1) is 0 Å². The van der Waals surface area contributed by atoms with Gasteiger partial charge in [0.2, 0.25) is 0 Å². The molecule has 3 aliphatic rings. The van der Waals surface area contributed by atoms with Gasteiger partial charge in [0, 0.05) is 31.2 Å². The first-order valence-electron chi connectivity index (χ1n) is 5.72. The standard InChI is InChI=1S/C11H22N2/c1-4-5-13-10-6-11(13)8-12(7-10)9(2)3/h9-11H,4-8H2,1-3H3. The van der Waals surface area contributed by atoms with Gasteiger partial charge in [-0.25, -0.2) is 0 Å². The van der Waals surface area contributed by atoms with Gasteiger partial charge in [-0.1, -0.05) is 6.92 Å². The summed E-state index contributed by atoms with van der Waals surface area (Å²) < 4.78 is 0. The fraction of sp³-hybridized carbons (Fsp3) is 1.00. The zero-order chi connectivity index (χ0) is 9.42. The van der Waals surface area contributed by atoms with E-state index in [-0.39, 0.29) is 0 Å². The van der Waals surface area contributed by atoms with Crippen molar-refractivity contribution < 1.29 is 0 Å². The molecule has 0 spiro atoms. The average Bonchev–Trinajstić information content (AvgIpc) is 2.14. The van der Waals surface area contributed by atoms with Crippen molar-refractivity contribution in [3.05, 3.63) is 0 Å². The Morgan fingerprint density at radius 1 is 1.23 bits per heavy atom. The summed E-state index contributed by atoms with van der Waals surface area (Å²) in [6, 6.07) is 2.52. The van der Waals surface area contributed by atoms with Gasteiger partial charge in [0.1, 0.15) is 0 Å². The lowest BCUT2D eigenvalue weighted by atomic mass is 9.86. The monoisotopic (exact) mass is 182 g/mol. The number of hydrogen-bond donors (Lipinski definition) is 0. The Balaban J connectivity index is 1.87. The summed E-state index contributed by atoms with van der Waals surface area (Å²) in [5, 5.41) is 0. The minimum Gasteiger partial charge on any atom is -0.298 e. The molecule has 0 amide bonds. The molecule has 2 nitrogen and oxygen atoms in total. The molecule has 0 N–H and O–H groups in total. The van der Waals surface area contributed by atoms with Crippen LogP contribution in [0.15, 0.2) is 0 Å². The van der Waals surface area contributed by atoms with E-state index in [2.05, 4.69) is 30.6 Å². The van der Waals surface area contributed by atoms with Crippen molar-refractivity contribution in [2.24, 2.45) is 0 Å². The van der Waals surface area contributed by atoms with Crippen LogP contribution in [0, 0.1) is 0 Å². The molecule has 0 aromatic rings. The predicted octanol–water partition coefficient (Wildman–Crippen LogP) is 1.56. The Hall–Kier alpha value is -0.0800. The van der Waals surface area contributed by atoms with Crippen LogP contribution in [0.2, 0.25) is 0 Å². The van der Waals surface area contributed by atoms with E-state index in [0.717, 1.165) is 18.1 Å². The fourth-order valence-electron chi connectivity index (χ4n) is 2.76. The average molecular weight is 182 g/mol. The molecule has 2 bridgehead atoms. The molecule has 0 aromatic heterocycles. The second kappa shape index (κ2) is 3.58. The Bertz CT molecular complexity index is 167. The van der Waals surface area contributed by atoms with E-state index < -0.39 is 0 Å². The third kappa shape index (κ3) is 1.62. The first-order valence-corrected chi connectivity index (χ1v) is 5.72. The van der Waals surface area contributed by atoms with Crippen LogP contribution in [-0.4, -0.2) is 47.6 Å². The van der Waals surface area contributed by atoms with E-state index in [9.17, 15) is 0 Å². The molecule has 0 saturated carbocycles. The molecule has 2 atom stereocenters. The number of fused-ring (bicyclic) bond motifs is 2. The van der Waals surface area contributed by atoms with E-state index in [1.165, 1.54) is 32.5 Å². The highest BCUT2D eigenvalue weighted by Gasteiger charge is 2.43. The van der Waals surface area contributed by atoms with Gasteiger partial charge in [-0.05, 0) is 33.2 Å². The Kier molecular flexibility index (Phi) is 2.61. The van der Waals surface area contributed by atoms with Gasteiger partial charge in [0.25, 0.3) is 0 Å². The lowest BCUT2D eigenvalue weighted by molar-refractivity contribution is -0.0775. The largest absolute Gasteiger partial charge is 0.298 e. The van der Waals surface area contributed by atoms with Crippen LogP contribution in [-0.2, 0) is 0 Å². The van der Waals surface area contributed by atoms with Crippen LogP contribution in [0.3, 0.4) is 0 Å². The van der Waals surface area contributed by atoms with E-state index >= 15 is 0 Å². The van der Waals surface area contributed by atoms with E-state index in [0.29, 0.717) is 0 Å². The topological polar surface area (TPSA) is 6.48 Å². The molecule has 0 aromatic carbocycles. The number of rotatable bonds is 3. The Labute approximate surface area is 81.9 Å². The van der Waals surface area contributed by atoms with Crippen LogP contribution in [0.25, 0.3) is 0 Å². The smallest absolute Gasteiger partial charge is 0.0242 e. The van der Waals surface area contributed by atoms with Crippen LogP contribution < -0.4 is 0 Å². The molecular formula is C11H22N2. The van der Waals surface area contributed by atoms with Crippen molar-refractivity contribution in [2.75, 3.05) is 19.6 Å². The van der Waals surface area contributed by atoms with Crippen LogP contribution in [0.4, 0.5) is 0 Å². The van der Waals surface area contributed by atoms with Crippen LogP contribution >= 0.6 is 0 Å². The quantitative estimate of drug-likeness (QED) is 0.653. The Morgan fingerprint density at radius 3 is 2.31 bits per heavy atom. The molecule has 3 saturated heterocycles.